The summed E-state index contributed by atoms with van der Waals surface area (Å²) in [5.74, 6) is 5.79. The first-order valence-corrected chi connectivity index (χ1v) is 8.61. The van der Waals surface area contributed by atoms with E-state index in [-0.39, 0.29) is 6.04 Å². The molecule has 108 valence electrons. The molecule has 0 bridgehead atoms. The van der Waals surface area contributed by atoms with Gasteiger partial charge in [-0.1, -0.05) is 18.2 Å². The summed E-state index contributed by atoms with van der Waals surface area (Å²) in [5, 5.41) is 4.41. The first-order valence-electron chi connectivity index (χ1n) is 6.21. The topological polar surface area (TPSA) is 55.9 Å². The number of hydrazine groups is 1. The number of nitrogens with zero attached hydrogens (tertiary/aromatic N) is 2. The number of halogens is 2. The predicted octanol–water partition coefficient (Wildman–Crippen LogP) is 4.01. The van der Waals surface area contributed by atoms with Gasteiger partial charge < -0.3 is 0 Å². The van der Waals surface area contributed by atoms with Crippen LogP contribution in [0.4, 0.5) is 0 Å². The minimum absolute atomic E-state index is 0.125. The molecule has 1 aromatic carbocycles. The maximum absolute atomic E-state index is 5.79. The molecule has 0 amide bonds. The lowest BCUT2D eigenvalue weighted by Gasteiger charge is -2.16. The first-order chi connectivity index (χ1) is 10.2. The molecule has 1 atom stereocenters. The minimum Gasteiger partial charge on any atom is -0.270 e. The van der Waals surface area contributed by atoms with Crippen LogP contribution < -0.4 is 11.3 Å². The number of nitrogens with two attached hydrogens (primary N) is 1. The van der Waals surface area contributed by atoms with E-state index in [0.29, 0.717) is 0 Å². The van der Waals surface area contributed by atoms with E-state index in [0.717, 1.165) is 24.5 Å². The van der Waals surface area contributed by atoms with Gasteiger partial charge in [0.15, 0.2) is 0 Å². The summed E-state index contributed by atoms with van der Waals surface area (Å²) in [6.07, 6.45) is 1.78. The number of hydrogen-bond donors (Lipinski definition) is 2. The molecule has 3 aromatic rings. The third-order valence-electron chi connectivity index (χ3n) is 3.08. The highest BCUT2D eigenvalue weighted by molar-refractivity contribution is 9.13. The van der Waals surface area contributed by atoms with Crippen molar-refractivity contribution in [3.8, 4) is 5.69 Å². The molecule has 0 saturated heterocycles. The zero-order chi connectivity index (χ0) is 14.8. The zero-order valence-corrected chi connectivity index (χ0v) is 14.8. The molecule has 21 heavy (non-hydrogen) atoms. The van der Waals surface area contributed by atoms with Gasteiger partial charge in [0.1, 0.15) is 0 Å². The molecule has 3 N–H and O–H groups in total. The fourth-order valence-corrected chi connectivity index (χ4v) is 4.30. The molecule has 0 aliphatic rings. The second kappa shape index (κ2) is 6.41. The Morgan fingerprint density at radius 3 is 2.57 bits per heavy atom. The fraction of sp³-hybridized carbons (Fsp3) is 0.0714. The van der Waals surface area contributed by atoms with Crippen molar-refractivity contribution in [2.24, 2.45) is 5.84 Å². The van der Waals surface area contributed by atoms with Gasteiger partial charge in [-0.25, -0.2) is 10.1 Å². The van der Waals surface area contributed by atoms with Crippen molar-refractivity contribution in [1.29, 1.82) is 0 Å². The minimum atomic E-state index is -0.125. The van der Waals surface area contributed by atoms with Gasteiger partial charge in [0.05, 0.1) is 21.2 Å². The number of aromatic nitrogens is 2. The molecule has 0 aliphatic heterocycles. The molecule has 0 spiro atoms. The third kappa shape index (κ3) is 2.97. The van der Waals surface area contributed by atoms with Gasteiger partial charge in [-0.05, 0) is 56.1 Å². The maximum Gasteiger partial charge on any atom is 0.0975 e. The van der Waals surface area contributed by atoms with E-state index in [4.69, 9.17) is 5.84 Å². The average molecular weight is 428 g/mol. The van der Waals surface area contributed by atoms with Crippen molar-refractivity contribution in [3.63, 3.8) is 0 Å². The molecular weight excluding hydrogens is 416 g/mol. The summed E-state index contributed by atoms with van der Waals surface area (Å²) in [6, 6.07) is 13.9. The van der Waals surface area contributed by atoms with Crippen molar-refractivity contribution < 1.29 is 0 Å². The molecule has 2 heterocycles. The van der Waals surface area contributed by atoms with Crippen LogP contribution in [0.2, 0.25) is 0 Å². The normalized spacial score (nSPS) is 12.5. The molecule has 0 radical (unpaired) electrons. The lowest BCUT2D eigenvalue weighted by Crippen LogP contribution is -2.29. The molecule has 7 heteroatoms. The Hall–Kier alpha value is -0.990. The second-order valence-corrected chi connectivity index (χ2v) is 7.63. The van der Waals surface area contributed by atoms with Crippen LogP contribution >= 0.6 is 43.2 Å². The van der Waals surface area contributed by atoms with Crippen LogP contribution in [-0.4, -0.2) is 9.78 Å². The third-order valence-corrected chi connectivity index (χ3v) is 6.41. The van der Waals surface area contributed by atoms with Gasteiger partial charge in [0.2, 0.25) is 0 Å². The Morgan fingerprint density at radius 1 is 1.19 bits per heavy atom. The van der Waals surface area contributed by atoms with Gasteiger partial charge in [0, 0.05) is 15.5 Å². The Balaban J connectivity index is 2.05. The molecule has 2 aromatic heterocycles. The predicted molar refractivity (Wildman–Crippen MR) is 92.4 cm³/mol. The van der Waals surface area contributed by atoms with E-state index in [1.165, 1.54) is 0 Å². The molecule has 0 aliphatic carbocycles. The second-order valence-electron chi connectivity index (χ2n) is 4.37. The van der Waals surface area contributed by atoms with E-state index < -0.39 is 0 Å². The Labute approximate surface area is 143 Å². The van der Waals surface area contributed by atoms with Crippen LogP contribution in [-0.2, 0) is 0 Å². The molecule has 4 nitrogen and oxygen atoms in total. The van der Waals surface area contributed by atoms with Gasteiger partial charge in [-0.3, -0.25) is 5.84 Å². The largest absolute Gasteiger partial charge is 0.270 e. The van der Waals surface area contributed by atoms with Crippen LogP contribution in [0.15, 0.2) is 56.9 Å². The Kier molecular flexibility index (Phi) is 4.56. The molecular formula is C14H12Br2N4S. The number of thiophene rings is 1. The van der Waals surface area contributed by atoms with Crippen LogP contribution in [0.25, 0.3) is 5.69 Å². The van der Waals surface area contributed by atoms with Gasteiger partial charge >= 0.3 is 0 Å². The Bertz CT molecular complexity index is 719. The van der Waals surface area contributed by atoms with Gasteiger partial charge in [-0.15, -0.1) is 11.3 Å². The Morgan fingerprint density at radius 2 is 1.95 bits per heavy atom. The number of nitrogens with one attached hydrogen (secondary N) is 1. The number of benzene rings is 1. The summed E-state index contributed by atoms with van der Waals surface area (Å²) < 4.78 is 3.96. The highest BCUT2D eigenvalue weighted by atomic mass is 79.9. The van der Waals surface area contributed by atoms with E-state index in [2.05, 4.69) is 48.5 Å². The van der Waals surface area contributed by atoms with Gasteiger partial charge in [0.25, 0.3) is 0 Å². The van der Waals surface area contributed by atoms with E-state index >= 15 is 0 Å². The molecule has 1 unspecified atom stereocenters. The lowest BCUT2D eigenvalue weighted by molar-refractivity contribution is 0.605. The molecule has 0 saturated carbocycles. The van der Waals surface area contributed by atoms with Crippen LogP contribution in [0.3, 0.4) is 0 Å². The van der Waals surface area contributed by atoms with Crippen molar-refractivity contribution >= 4 is 43.2 Å². The smallest absolute Gasteiger partial charge is 0.0975 e. The first kappa shape index (κ1) is 14.9. The lowest BCUT2D eigenvalue weighted by atomic mass is 10.1. The number of hydrogen-bond acceptors (Lipinski definition) is 4. The standard InChI is InChI=1S/C14H12Br2N4S/c15-10-8-12(21-14(10)16)13(19-17)11-6-7-18-20(11)9-4-2-1-3-5-9/h1-8,13,19H,17H2. The van der Waals surface area contributed by atoms with Crippen molar-refractivity contribution in [2.45, 2.75) is 6.04 Å². The maximum atomic E-state index is 5.79. The average Bonchev–Trinajstić information content (AvgIpc) is 3.09. The molecule has 0 fully saturated rings. The van der Waals surface area contributed by atoms with E-state index in [1.54, 1.807) is 17.5 Å². The summed E-state index contributed by atoms with van der Waals surface area (Å²) in [7, 11) is 0. The van der Waals surface area contributed by atoms with E-state index in [9.17, 15) is 0 Å². The van der Waals surface area contributed by atoms with Crippen molar-refractivity contribution in [2.75, 3.05) is 0 Å². The van der Waals surface area contributed by atoms with Crippen LogP contribution in [0.5, 0.6) is 0 Å². The summed E-state index contributed by atoms with van der Waals surface area (Å²) in [4.78, 5) is 1.11. The SMILES string of the molecule is NNC(c1cc(Br)c(Br)s1)c1ccnn1-c1ccccc1. The fourth-order valence-electron chi connectivity index (χ4n) is 2.14. The summed E-state index contributed by atoms with van der Waals surface area (Å²) >= 11 is 8.67. The van der Waals surface area contributed by atoms with Gasteiger partial charge in [-0.2, -0.15) is 5.10 Å². The summed E-state index contributed by atoms with van der Waals surface area (Å²) in [5.41, 5.74) is 4.88. The van der Waals surface area contributed by atoms with Crippen LogP contribution in [0.1, 0.15) is 16.6 Å². The number of para-hydroxylation sites is 1. The van der Waals surface area contributed by atoms with Crippen LogP contribution in [0, 0.1) is 0 Å². The highest BCUT2D eigenvalue weighted by Crippen LogP contribution is 2.37. The zero-order valence-electron chi connectivity index (χ0n) is 10.8. The van der Waals surface area contributed by atoms with E-state index in [1.807, 2.05) is 41.1 Å². The monoisotopic (exact) mass is 426 g/mol. The quantitative estimate of drug-likeness (QED) is 0.488. The van der Waals surface area contributed by atoms with Crippen molar-refractivity contribution in [3.05, 3.63) is 67.5 Å². The summed E-state index contributed by atoms with van der Waals surface area (Å²) in [6.45, 7) is 0. The number of rotatable bonds is 4. The highest BCUT2D eigenvalue weighted by Gasteiger charge is 2.20. The van der Waals surface area contributed by atoms with Crippen molar-refractivity contribution in [1.82, 2.24) is 15.2 Å². The molecule has 3 rings (SSSR count).